The SMILES string of the molecule is COCCN1C(=O)/C(=C/c2ccc([N+](=O)[O-])cc2)SC1=Nc1ccc(OC)cc1. The molecule has 1 saturated heterocycles. The lowest BCUT2D eigenvalue weighted by Gasteiger charge is -2.14. The van der Waals surface area contributed by atoms with Crippen LogP contribution in [0.3, 0.4) is 0 Å². The van der Waals surface area contributed by atoms with Crippen molar-refractivity contribution in [1.82, 2.24) is 4.90 Å². The zero-order valence-corrected chi connectivity index (χ0v) is 16.7. The van der Waals surface area contributed by atoms with Gasteiger partial charge in [-0.25, -0.2) is 4.99 Å². The molecule has 2 aromatic carbocycles. The van der Waals surface area contributed by atoms with E-state index in [4.69, 9.17) is 9.47 Å². The minimum atomic E-state index is -0.460. The summed E-state index contributed by atoms with van der Waals surface area (Å²) in [7, 11) is 3.16. The molecule has 0 N–H and O–H groups in total. The summed E-state index contributed by atoms with van der Waals surface area (Å²) >= 11 is 1.25. The number of non-ortho nitro benzene ring substituents is 1. The first-order valence-electron chi connectivity index (χ1n) is 8.69. The lowest BCUT2D eigenvalue weighted by molar-refractivity contribution is -0.384. The number of nitro groups is 1. The Morgan fingerprint density at radius 1 is 1.14 bits per heavy atom. The molecule has 0 aliphatic carbocycles. The average molecular weight is 413 g/mol. The highest BCUT2D eigenvalue weighted by Gasteiger charge is 2.33. The number of methoxy groups -OCH3 is 2. The van der Waals surface area contributed by atoms with Gasteiger partial charge in [0.2, 0.25) is 0 Å². The van der Waals surface area contributed by atoms with Crippen molar-refractivity contribution in [3.8, 4) is 5.75 Å². The summed E-state index contributed by atoms with van der Waals surface area (Å²) in [6.07, 6.45) is 1.70. The Balaban J connectivity index is 1.88. The summed E-state index contributed by atoms with van der Waals surface area (Å²) < 4.78 is 10.3. The van der Waals surface area contributed by atoms with Crippen LogP contribution in [0.25, 0.3) is 6.08 Å². The minimum absolute atomic E-state index is 0.000954. The molecule has 2 aromatic rings. The van der Waals surface area contributed by atoms with Gasteiger partial charge in [0.15, 0.2) is 5.17 Å². The fourth-order valence-corrected chi connectivity index (χ4v) is 3.61. The molecule has 0 spiro atoms. The van der Waals surface area contributed by atoms with Crippen molar-refractivity contribution in [2.45, 2.75) is 0 Å². The summed E-state index contributed by atoms with van der Waals surface area (Å²) in [6.45, 7) is 0.744. The maximum absolute atomic E-state index is 12.9. The summed E-state index contributed by atoms with van der Waals surface area (Å²) in [5.74, 6) is 0.539. The third-order valence-electron chi connectivity index (χ3n) is 4.11. The number of amidine groups is 1. The number of rotatable bonds is 7. The monoisotopic (exact) mass is 413 g/mol. The van der Waals surface area contributed by atoms with Crippen LogP contribution in [0.2, 0.25) is 0 Å². The fourth-order valence-electron chi connectivity index (χ4n) is 2.58. The molecule has 1 aliphatic heterocycles. The zero-order valence-electron chi connectivity index (χ0n) is 15.9. The van der Waals surface area contributed by atoms with Gasteiger partial charge in [-0.3, -0.25) is 19.8 Å². The Labute approximate surface area is 172 Å². The van der Waals surface area contributed by atoms with E-state index < -0.39 is 4.92 Å². The summed E-state index contributed by atoms with van der Waals surface area (Å²) in [5.41, 5.74) is 1.39. The van der Waals surface area contributed by atoms with Crippen molar-refractivity contribution in [2.24, 2.45) is 4.99 Å². The van der Waals surface area contributed by atoms with Crippen molar-refractivity contribution in [3.63, 3.8) is 0 Å². The predicted octanol–water partition coefficient (Wildman–Crippen LogP) is 3.85. The molecule has 0 bridgehead atoms. The number of nitro benzene ring substituents is 1. The third-order valence-corrected chi connectivity index (χ3v) is 5.11. The largest absolute Gasteiger partial charge is 0.497 e. The second-order valence-corrected chi connectivity index (χ2v) is 7.01. The number of nitrogens with zero attached hydrogens (tertiary/aromatic N) is 3. The van der Waals surface area contributed by atoms with E-state index in [0.717, 1.165) is 5.75 Å². The smallest absolute Gasteiger partial charge is 0.269 e. The van der Waals surface area contributed by atoms with E-state index >= 15 is 0 Å². The van der Waals surface area contributed by atoms with E-state index in [1.165, 1.54) is 23.9 Å². The van der Waals surface area contributed by atoms with Gasteiger partial charge < -0.3 is 9.47 Å². The van der Waals surface area contributed by atoms with Crippen molar-refractivity contribution in [3.05, 3.63) is 69.1 Å². The van der Waals surface area contributed by atoms with Crippen LogP contribution < -0.4 is 4.74 Å². The van der Waals surface area contributed by atoms with E-state index in [1.54, 1.807) is 49.5 Å². The van der Waals surface area contributed by atoms with Crippen molar-refractivity contribution in [2.75, 3.05) is 27.4 Å². The molecule has 3 rings (SSSR count). The van der Waals surface area contributed by atoms with Crippen LogP contribution in [0.4, 0.5) is 11.4 Å². The molecular weight excluding hydrogens is 394 g/mol. The van der Waals surface area contributed by atoms with Gasteiger partial charge in [-0.1, -0.05) is 0 Å². The first-order valence-corrected chi connectivity index (χ1v) is 9.51. The highest BCUT2D eigenvalue weighted by atomic mass is 32.2. The summed E-state index contributed by atoms with van der Waals surface area (Å²) in [4.78, 5) is 29.8. The van der Waals surface area contributed by atoms with Gasteiger partial charge in [0, 0.05) is 19.2 Å². The quantitative estimate of drug-likeness (QED) is 0.389. The molecule has 0 saturated carbocycles. The molecule has 9 heteroatoms. The highest BCUT2D eigenvalue weighted by Crippen LogP contribution is 2.34. The molecule has 0 radical (unpaired) electrons. The Bertz CT molecular complexity index is 955. The molecule has 0 unspecified atom stereocenters. The zero-order chi connectivity index (χ0) is 20.8. The van der Waals surface area contributed by atoms with Gasteiger partial charge in [-0.2, -0.15) is 0 Å². The molecule has 1 fully saturated rings. The van der Waals surface area contributed by atoms with Crippen molar-refractivity contribution in [1.29, 1.82) is 0 Å². The van der Waals surface area contributed by atoms with E-state index in [-0.39, 0.29) is 11.6 Å². The van der Waals surface area contributed by atoms with Crippen molar-refractivity contribution >= 4 is 40.3 Å². The Morgan fingerprint density at radius 2 is 1.83 bits per heavy atom. The molecular formula is C20H19N3O5S. The average Bonchev–Trinajstić information content (AvgIpc) is 3.01. The molecule has 0 atom stereocenters. The van der Waals surface area contributed by atoms with Gasteiger partial charge in [-0.15, -0.1) is 0 Å². The summed E-state index contributed by atoms with van der Waals surface area (Å²) in [6, 6.07) is 13.2. The molecule has 1 heterocycles. The number of carbonyl (C=O) groups excluding carboxylic acids is 1. The van der Waals surface area contributed by atoms with Gasteiger partial charge in [-0.05, 0) is 59.8 Å². The Kier molecular flexibility index (Phi) is 6.63. The lowest BCUT2D eigenvalue weighted by atomic mass is 10.2. The highest BCUT2D eigenvalue weighted by molar-refractivity contribution is 8.18. The van der Waals surface area contributed by atoms with E-state index in [2.05, 4.69) is 4.99 Å². The molecule has 29 heavy (non-hydrogen) atoms. The Morgan fingerprint density at radius 3 is 2.41 bits per heavy atom. The van der Waals surface area contributed by atoms with E-state index in [9.17, 15) is 14.9 Å². The van der Waals surface area contributed by atoms with Crippen LogP contribution in [0, 0.1) is 10.1 Å². The number of hydrogen-bond donors (Lipinski definition) is 0. The number of hydrogen-bond acceptors (Lipinski definition) is 7. The second kappa shape index (κ2) is 9.35. The first-order chi connectivity index (χ1) is 14.0. The maximum atomic E-state index is 12.9. The topological polar surface area (TPSA) is 94.3 Å². The van der Waals surface area contributed by atoms with Gasteiger partial charge in [0.1, 0.15) is 5.75 Å². The number of ether oxygens (including phenoxy) is 2. The predicted molar refractivity (Wildman–Crippen MR) is 112 cm³/mol. The normalized spacial score (nSPS) is 16.6. The minimum Gasteiger partial charge on any atom is -0.497 e. The third kappa shape index (κ3) is 5.01. The van der Waals surface area contributed by atoms with Crippen LogP contribution in [0.1, 0.15) is 5.56 Å². The summed E-state index contributed by atoms with van der Waals surface area (Å²) in [5, 5.41) is 11.3. The maximum Gasteiger partial charge on any atom is 0.269 e. The van der Waals surface area contributed by atoms with Crippen LogP contribution >= 0.6 is 11.8 Å². The van der Waals surface area contributed by atoms with E-state index in [0.29, 0.717) is 34.5 Å². The molecule has 1 amide bonds. The number of carbonyl (C=O) groups is 1. The molecule has 8 nitrogen and oxygen atoms in total. The van der Waals surface area contributed by atoms with Crippen LogP contribution in [-0.2, 0) is 9.53 Å². The van der Waals surface area contributed by atoms with Crippen LogP contribution in [-0.4, -0.2) is 48.3 Å². The van der Waals surface area contributed by atoms with Crippen molar-refractivity contribution < 1.29 is 19.2 Å². The molecule has 1 aliphatic rings. The fraction of sp³-hybridized carbons (Fsp3) is 0.200. The number of amides is 1. The number of thioether (sulfide) groups is 1. The van der Waals surface area contributed by atoms with E-state index in [1.807, 2.05) is 12.1 Å². The van der Waals surface area contributed by atoms with Crippen LogP contribution in [0.15, 0.2) is 58.4 Å². The number of benzene rings is 2. The van der Waals surface area contributed by atoms with Gasteiger partial charge in [0.25, 0.3) is 11.6 Å². The first kappa shape index (κ1) is 20.6. The van der Waals surface area contributed by atoms with Gasteiger partial charge >= 0.3 is 0 Å². The number of aliphatic imine (C=N–C) groups is 1. The molecule has 150 valence electrons. The lowest BCUT2D eigenvalue weighted by Crippen LogP contribution is -2.32. The Hall–Kier alpha value is -3.17. The molecule has 0 aromatic heterocycles. The van der Waals surface area contributed by atoms with Crippen LogP contribution in [0.5, 0.6) is 5.75 Å². The van der Waals surface area contributed by atoms with Gasteiger partial charge in [0.05, 0.1) is 35.8 Å². The standard InChI is InChI=1S/C20H19N3O5S/c1-27-12-11-22-19(24)18(13-14-3-7-16(8-4-14)23(25)26)29-20(22)21-15-5-9-17(28-2)10-6-15/h3-10,13H,11-12H2,1-2H3/b18-13-,21-20?. The second-order valence-electron chi connectivity index (χ2n) is 6.00.